The topological polar surface area (TPSA) is 48.1 Å². The van der Waals surface area contributed by atoms with E-state index in [4.69, 9.17) is 0 Å². The van der Waals surface area contributed by atoms with E-state index >= 15 is 0 Å². The number of rotatable bonds is 1. The normalized spacial score (nSPS) is 12.0. The highest BCUT2D eigenvalue weighted by Crippen LogP contribution is 2.38. The third-order valence-electron chi connectivity index (χ3n) is 2.50. The van der Waals surface area contributed by atoms with Gasteiger partial charge in [0, 0.05) is 30.2 Å². The van der Waals surface area contributed by atoms with Gasteiger partial charge < -0.3 is 4.57 Å². The van der Waals surface area contributed by atoms with Crippen LogP contribution in [0.25, 0.3) is 10.9 Å². The molecule has 4 nitrogen and oxygen atoms in total. The Morgan fingerprint density at radius 1 is 1.35 bits per heavy atom. The van der Waals surface area contributed by atoms with E-state index in [0.29, 0.717) is 10.9 Å². The fraction of sp³-hybridized carbons (Fsp3) is 0.200. The predicted octanol–water partition coefficient (Wildman–Crippen LogP) is 3.11. The molecule has 0 atom stereocenters. The van der Waals surface area contributed by atoms with Crippen LogP contribution < -0.4 is 0 Å². The minimum atomic E-state index is -4.74. The summed E-state index contributed by atoms with van der Waals surface area (Å²) in [6.45, 7) is 0. The van der Waals surface area contributed by atoms with Gasteiger partial charge in [0.05, 0.1) is 4.92 Å². The molecule has 90 valence electrons. The van der Waals surface area contributed by atoms with Gasteiger partial charge in [-0.25, -0.2) is 0 Å². The number of nitrogens with zero attached hydrogens (tertiary/aromatic N) is 2. The molecule has 2 rings (SSSR count). The van der Waals surface area contributed by atoms with Gasteiger partial charge in [-0.3, -0.25) is 10.1 Å². The van der Waals surface area contributed by atoms with Crippen LogP contribution in [0.2, 0.25) is 0 Å². The fourth-order valence-corrected chi connectivity index (χ4v) is 1.68. The van der Waals surface area contributed by atoms with Gasteiger partial charge in [-0.05, 0) is 12.1 Å². The maximum atomic E-state index is 12.7. The smallest absolute Gasteiger partial charge is 0.351 e. The summed E-state index contributed by atoms with van der Waals surface area (Å²) in [5.74, 6) is 0. The number of nitro benzene ring substituents is 1. The van der Waals surface area contributed by atoms with E-state index < -0.39 is 22.4 Å². The average molecular weight is 244 g/mol. The minimum absolute atomic E-state index is 0.308. The number of aromatic nitrogens is 1. The molecule has 0 bridgehead atoms. The number of fused-ring (bicyclic) bond motifs is 1. The second-order valence-electron chi connectivity index (χ2n) is 3.61. The summed E-state index contributed by atoms with van der Waals surface area (Å²) < 4.78 is 39.5. The van der Waals surface area contributed by atoms with Crippen LogP contribution in [0.4, 0.5) is 18.9 Å². The number of benzene rings is 1. The molecule has 1 heterocycles. The van der Waals surface area contributed by atoms with Crippen molar-refractivity contribution in [3.8, 4) is 0 Å². The monoisotopic (exact) mass is 244 g/mol. The van der Waals surface area contributed by atoms with Crippen LogP contribution in [0, 0.1) is 10.1 Å². The van der Waals surface area contributed by atoms with E-state index in [-0.39, 0.29) is 0 Å². The van der Waals surface area contributed by atoms with E-state index in [1.54, 1.807) is 13.2 Å². The zero-order chi connectivity index (χ0) is 12.8. The highest BCUT2D eigenvalue weighted by Gasteiger charge is 2.38. The molecule has 0 unspecified atom stereocenters. The maximum Gasteiger partial charge on any atom is 0.423 e. The molecule has 0 spiro atoms. The number of hydrogen-bond acceptors (Lipinski definition) is 2. The molecule has 0 fully saturated rings. The van der Waals surface area contributed by atoms with Gasteiger partial charge in [0.15, 0.2) is 0 Å². The Hall–Kier alpha value is -2.05. The molecule has 17 heavy (non-hydrogen) atoms. The number of halogens is 3. The molecule has 2 aromatic rings. The lowest BCUT2D eigenvalue weighted by atomic mass is 10.1. The van der Waals surface area contributed by atoms with Crippen molar-refractivity contribution in [1.29, 1.82) is 0 Å². The Labute approximate surface area is 93.4 Å². The van der Waals surface area contributed by atoms with Crippen molar-refractivity contribution in [2.24, 2.45) is 7.05 Å². The Bertz CT molecular complexity index is 601. The summed E-state index contributed by atoms with van der Waals surface area (Å²) in [7, 11) is 1.58. The van der Waals surface area contributed by atoms with Gasteiger partial charge >= 0.3 is 6.18 Å². The molecular formula is C10H7F3N2O2. The summed E-state index contributed by atoms with van der Waals surface area (Å²) in [5, 5.41) is 11.0. The van der Waals surface area contributed by atoms with Crippen molar-refractivity contribution < 1.29 is 18.1 Å². The number of alkyl halides is 3. The van der Waals surface area contributed by atoms with Crippen molar-refractivity contribution in [3.05, 3.63) is 40.1 Å². The second-order valence-corrected chi connectivity index (χ2v) is 3.61. The van der Waals surface area contributed by atoms with E-state index in [9.17, 15) is 23.3 Å². The Morgan fingerprint density at radius 3 is 2.53 bits per heavy atom. The lowest BCUT2D eigenvalue weighted by molar-refractivity contribution is -0.387. The van der Waals surface area contributed by atoms with Crippen LogP contribution in [0.3, 0.4) is 0 Å². The second kappa shape index (κ2) is 3.47. The largest absolute Gasteiger partial charge is 0.423 e. The molecule has 0 aliphatic carbocycles. The summed E-state index contributed by atoms with van der Waals surface area (Å²) in [4.78, 5) is 9.60. The molecule has 0 N–H and O–H groups in total. The lowest BCUT2D eigenvalue weighted by Gasteiger charge is -2.08. The van der Waals surface area contributed by atoms with Gasteiger partial charge in [0.2, 0.25) is 0 Å². The standard InChI is InChI=1S/C10H7F3N2O2/c1-14-3-2-6-4-9(15(16)17)7(5-8(6)14)10(11,12)13/h2-5H,1H3. The number of aryl methyl sites for hydroxylation is 1. The molecule has 1 aromatic carbocycles. The molecule has 0 amide bonds. The maximum absolute atomic E-state index is 12.7. The van der Waals surface area contributed by atoms with Crippen molar-refractivity contribution in [3.63, 3.8) is 0 Å². The molecular weight excluding hydrogens is 237 g/mol. The van der Waals surface area contributed by atoms with Crippen LogP contribution in [-0.2, 0) is 13.2 Å². The van der Waals surface area contributed by atoms with E-state index in [2.05, 4.69) is 0 Å². The van der Waals surface area contributed by atoms with Crippen LogP contribution >= 0.6 is 0 Å². The lowest BCUT2D eigenvalue weighted by Crippen LogP contribution is -2.09. The molecule has 0 saturated carbocycles. The van der Waals surface area contributed by atoms with Crippen LogP contribution in [-0.4, -0.2) is 9.49 Å². The first kappa shape index (κ1) is 11.4. The quantitative estimate of drug-likeness (QED) is 0.571. The highest BCUT2D eigenvalue weighted by atomic mass is 19.4. The fourth-order valence-electron chi connectivity index (χ4n) is 1.68. The Morgan fingerprint density at radius 2 is 2.00 bits per heavy atom. The van der Waals surface area contributed by atoms with E-state index in [0.717, 1.165) is 12.1 Å². The van der Waals surface area contributed by atoms with Crippen molar-refractivity contribution in [2.45, 2.75) is 6.18 Å². The molecule has 0 saturated heterocycles. The van der Waals surface area contributed by atoms with Gasteiger partial charge in [0.1, 0.15) is 5.56 Å². The minimum Gasteiger partial charge on any atom is -0.351 e. The SMILES string of the molecule is Cn1ccc2cc([N+](=O)[O-])c(C(F)(F)F)cc21. The summed E-state index contributed by atoms with van der Waals surface area (Å²) >= 11 is 0. The first-order chi connectivity index (χ1) is 7.80. The zero-order valence-electron chi connectivity index (χ0n) is 8.65. The molecule has 1 aromatic heterocycles. The van der Waals surface area contributed by atoms with Crippen LogP contribution in [0.15, 0.2) is 24.4 Å². The van der Waals surface area contributed by atoms with Crippen molar-refractivity contribution in [1.82, 2.24) is 4.57 Å². The number of nitro groups is 1. The zero-order valence-corrected chi connectivity index (χ0v) is 8.65. The summed E-state index contributed by atoms with van der Waals surface area (Å²) in [6, 6.07) is 3.27. The number of hydrogen-bond donors (Lipinski definition) is 0. The molecule has 0 aliphatic heterocycles. The first-order valence-electron chi connectivity index (χ1n) is 4.61. The third kappa shape index (κ3) is 1.83. The van der Waals surface area contributed by atoms with Crippen molar-refractivity contribution >= 4 is 16.6 Å². The molecule has 0 radical (unpaired) electrons. The van der Waals surface area contributed by atoms with Crippen molar-refractivity contribution in [2.75, 3.05) is 0 Å². The third-order valence-corrected chi connectivity index (χ3v) is 2.50. The first-order valence-corrected chi connectivity index (χ1v) is 4.61. The Balaban J connectivity index is 2.82. The van der Waals surface area contributed by atoms with Gasteiger partial charge in [-0.15, -0.1) is 0 Å². The summed E-state index contributed by atoms with van der Waals surface area (Å²) in [6.07, 6.45) is -3.19. The highest BCUT2D eigenvalue weighted by molar-refractivity contribution is 5.84. The van der Waals surface area contributed by atoms with Crippen LogP contribution in [0.1, 0.15) is 5.56 Å². The van der Waals surface area contributed by atoms with Gasteiger partial charge in [0.25, 0.3) is 5.69 Å². The van der Waals surface area contributed by atoms with Crippen LogP contribution in [0.5, 0.6) is 0 Å². The summed E-state index contributed by atoms with van der Waals surface area (Å²) in [5.41, 5.74) is -1.84. The van der Waals surface area contributed by atoms with Gasteiger partial charge in [-0.1, -0.05) is 0 Å². The molecule has 7 heteroatoms. The molecule has 0 aliphatic rings. The van der Waals surface area contributed by atoms with Gasteiger partial charge in [-0.2, -0.15) is 13.2 Å². The predicted molar refractivity (Wildman–Crippen MR) is 54.6 cm³/mol. The van der Waals surface area contributed by atoms with E-state index in [1.807, 2.05) is 0 Å². The van der Waals surface area contributed by atoms with E-state index in [1.165, 1.54) is 10.6 Å². The Kier molecular flexibility index (Phi) is 2.34. The average Bonchev–Trinajstić information content (AvgIpc) is 2.57.